The Kier molecular flexibility index (Phi) is 4.19. The Balaban J connectivity index is 1.72. The number of likely N-dealkylation sites (tertiary alicyclic amines) is 1. The molecule has 1 aliphatic carbocycles. The number of nitrogens with zero attached hydrogens (tertiary/aromatic N) is 1. The smallest absolute Gasteiger partial charge is 0.0544 e. The van der Waals surface area contributed by atoms with Crippen molar-refractivity contribution in [2.45, 2.75) is 57.2 Å². The van der Waals surface area contributed by atoms with Gasteiger partial charge in [-0.2, -0.15) is 0 Å². The minimum absolute atomic E-state index is 0.0436. The fourth-order valence-corrected chi connectivity index (χ4v) is 3.92. The molecule has 19 heavy (non-hydrogen) atoms. The van der Waals surface area contributed by atoms with Gasteiger partial charge in [-0.25, -0.2) is 0 Å². The second-order valence-electron chi connectivity index (χ2n) is 6.25. The molecule has 1 heterocycles. The minimum Gasteiger partial charge on any atom is -0.393 e. The lowest BCUT2D eigenvalue weighted by atomic mass is 9.80. The molecule has 2 nitrogen and oxygen atoms in total. The van der Waals surface area contributed by atoms with Crippen molar-refractivity contribution in [3.05, 3.63) is 35.9 Å². The van der Waals surface area contributed by atoms with E-state index in [1.54, 1.807) is 0 Å². The third-order valence-corrected chi connectivity index (χ3v) is 4.88. The predicted molar refractivity (Wildman–Crippen MR) is 77.8 cm³/mol. The maximum Gasteiger partial charge on any atom is 0.0544 e. The summed E-state index contributed by atoms with van der Waals surface area (Å²) >= 11 is 0. The highest BCUT2D eigenvalue weighted by Crippen LogP contribution is 2.35. The number of aliphatic hydroxyl groups excluding tert-OH is 1. The van der Waals surface area contributed by atoms with Crippen LogP contribution in [-0.2, 0) is 6.54 Å². The van der Waals surface area contributed by atoms with Crippen LogP contribution in [0.2, 0.25) is 0 Å². The van der Waals surface area contributed by atoms with E-state index < -0.39 is 0 Å². The highest BCUT2D eigenvalue weighted by atomic mass is 16.3. The maximum absolute atomic E-state index is 9.90. The number of benzene rings is 1. The summed E-state index contributed by atoms with van der Waals surface area (Å²) in [6.07, 6.45) is 7.11. The fourth-order valence-electron chi connectivity index (χ4n) is 3.92. The molecule has 2 aliphatic rings. The molecule has 1 N–H and O–H groups in total. The van der Waals surface area contributed by atoms with E-state index in [0.29, 0.717) is 6.04 Å². The Labute approximate surface area is 116 Å². The lowest BCUT2D eigenvalue weighted by Gasteiger charge is -2.40. The molecule has 0 amide bonds. The first-order valence-electron chi connectivity index (χ1n) is 7.79. The summed E-state index contributed by atoms with van der Waals surface area (Å²) in [5.41, 5.74) is 1.43. The van der Waals surface area contributed by atoms with E-state index in [1.165, 1.54) is 37.8 Å². The van der Waals surface area contributed by atoms with E-state index in [9.17, 15) is 5.11 Å². The van der Waals surface area contributed by atoms with Gasteiger partial charge in [0.2, 0.25) is 0 Å². The van der Waals surface area contributed by atoms with Crippen molar-refractivity contribution in [2.24, 2.45) is 5.92 Å². The predicted octanol–water partition coefficient (Wildman–Crippen LogP) is 3.20. The average Bonchev–Trinajstić information content (AvgIpc) is 2.62. The molecule has 2 heteroatoms. The standard InChI is InChI=1S/C17H25NO/c19-16-9-10-17-15(12-16)8-4-5-11-18(17)13-14-6-2-1-3-7-14/h1-3,6-7,15-17,19H,4-5,8-13H2. The van der Waals surface area contributed by atoms with Crippen LogP contribution in [-0.4, -0.2) is 28.7 Å². The van der Waals surface area contributed by atoms with Gasteiger partial charge in [-0.15, -0.1) is 0 Å². The summed E-state index contributed by atoms with van der Waals surface area (Å²) in [6.45, 7) is 2.31. The molecule has 3 unspecified atom stereocenters. The van der Waals surface area contributed by atoms with Crippen LogP contribution >= 0.6 is 0 Å². The minimum atomic E-state index is -0.0436. The summed E-state index contributed by atoms with van der Waals surface area (Å²) < 4.78 is 0. The number of hydrogen-bond acceptors (Lipinski definition) is 2. The molecule has 1 aliphatic heterocycles. The molecule has 0 radical (unpaired) electrons. The Hall–Kier alpha value is -0.860. The summed E-state index contributed by atoms with van der Waals surface area (Å²) in [7, 11) is 0. The van der Waals surface area contributed by atoms with Gasteiger partial charge < -0.3 is 5.11 Å². The van der Waals surface area contributed by atoms with Gasteiger partial charge >= 0.3 is 0 Å². The van der Waals surface area contributed by atoms with Crippen molar-refractivity contribution >= 4 is 0 Å². The lowest BCUT2D eigenvalue weighted by molar-refractivity contribution is 0.0341. The van der Waals surface area contributed by atoms with Crippen molar-refractivity contribution in [1.29, 1.82) is 0 Å². The first-order valence-corrected chi connectivity index (χ1v) is 7.79. The first kappa shape index (κ1) is 13.1. The molecule has 0 aromatic heterocycles. The summed E-state index contributed by atoms with van der Waals surface area (Å²) in [4.78, 5) is 2.68. The van der Waals surface area contributed by atoms with Crippen LogP contribution in [0, 0.1) is 5.92 Å². The molecule has 1 saturated heterocycles. The highest BCUT2D eigenvalue weighted by molar-refractivity contribution is 5.14. The van der Waals surface area contributed by atoms with Crippen LogP contribution in [0.3, 0.4) is 0 Å². The van der Waals surface area contributed by atoms with E-state index in [4.69, 9.17) is 0 Å². The van der Waals surface area contributed by atoms with Crippen molar-refractivity contribution in [3.63, 3.8) is 0 Å². The van der Waals surface area contributed by atoms with Gasteiger partial charge in [-0.05, 0) is 50.1 Å². The van der Waals surface area contributed by atoms with E-state index in [-0.39, 0.29) is 6.10 Å². The van der Waals surface area contributed by atoms with Gasteiger partial charge in [-0.3, -0.25) is 4.90 Å². The van der Waals surface area contributed by atoms with Gasteiger partial charge in [0.1, 0.15) is 0 Å². The molecule has 1 aromatic carbocycles. The van der Waals surface area contributed by atoms with Gasteiger partial charge in [-0.1, -0.05) is 36.8 Å². The summed E-state index contributed by atoms with van der Waals surface area (Å²) in [5, 5.41) is 9.90. The molecular weight excluding hydrogens is 234 g/mol. The lowest BCUT2D eigenvalue weighted by Crippen LogP contribution is -2.43. The second kappa shape index (κ2) is 6.06. The van der Waals surface area contributed by atoms with Crippen LogP contribution in [0.4, 0.5) is 0 Å². The van der Waals surface area contributed by atoms with E-state index in [1.807, 2.05) is 0 Å². The van der Waals surface area contributed by atoms with E-state index in [2.05, 4.69) is 35.2 Å². The maximum atomic E-state index is 9.90. The van der Waals surface area contributed by atoms with Crippen LogP contribution in [0.5, 0.6) is 0 Å². The van der Waals surface area contributed by atoms with Crippen LogP contribution < -0.4 is 0 Å². The normalized spacial score (nSPS) is 32.6. The van der Waals surface area contributed by atoms with Crippen molar-refractivity contribution < 1.29 is 5.11 Å². The molecule has 3 rings (SSSR count). The van der Waals surface area contributed by atoms with Crippen molar-refractivity contribution in [1.82, 2.24) is 4.90 Å². The largest absolute Gasteiger partial charge is 0.393 e. The monoisotopic (exact) mass is 259 g/mol. The zero-order chi connectivity index (χ0) is 13.1. The Morgan fingerprint density at radius 3 is 2.74 bits per heavy atom. The highest BCUT2D eigenvalue weighted by Gasteiger charge is 2.34. The number of aliphatic hydroxyl groups is 1. The molecule has 3 atom stereocenters. The number of rotatable bonds is 2. The van der Waals surface area contributed by atoms with Gasteiger partial charge in [0.25, 0.3) is 0 Å². The van der Waals surface area contributed by atoms with Crippen LogP contribution in [0.1, 0.15) is 44.1 Å². The van der Waals surface area contributed by atoms with Gasteiger partial charge in [0, 0.05) is 12.6 Å². The molecule has 1 saturated carbocycles. The van der Waals surface area contributed by atoms with Gasteiger partial charge in [0.05, 0.1) is 6.10 Å². The Morgan fingerprint density at radius 2 is 1.89 bits per heavy atom. The number of hydrogen-bond donors (Lipinski definition) is 1. The Morgan fingerprint density at radius 1 is 1.05 bits per heavy atom. The third-order valence-electron chi connectivity index (χ3n) is 4.88. The molecule has 0 bridgehead atoms. The number of fused-ring (bicyclic) bond motifs is 1. The third kappa shape index (κ3) is 3.18. The van der Waals surface area contributed by atoms with E-state index >= 15 is 0 Å². The quantitative estimate of drug-likeness (QED) is 0.881. The van der Waals surface area contributed by atoms with E-state index in [0.717, 1.165) is 25.3 Å². The van der Waals surface area contributed by atoms with Gasteiger partial charge in [0.15, 0.2) is 0 Å². The molecular formula is C17H25NO. The topological polar surface area (TPSA) is 23.5 Å². The molecule has 104 valence electrons. The van der Waals surface area contributed by atoms with Crippen molar-refractivity contribution in [3.8, 4) is 0 Å². The zero-order valence-corrected chi connectivity index (χ0v) is 11.7. The Bertz CT molecular complexity index is 392. The zero-order valence-electron chi connectivity index (χ0n) is 11.7. The molecule has 2 fully saturated rings. The fraction of sp³-hybridized carbons (Fsp3) is 0.647. The first-order chi connectivity index (χ1) is 9.33. The molecule has 1 aromatic rings. The second-order valence-corrected chi connectivity index (χ2v) is 6.25. The summed E-state index contributed by atoms with van der Waals surface area (Å²) in [6, 6.07) is 11.5. The summed E-state index contributed by atoms with van der Waals surface area (Å²) in [5.74, 6) is 0.718. The average molecular weight is 259 g/mol. The van der Waals surface area contributed by atoms with Crippen molar-refractivity contribution in [2.75, 3.05) is 6.54 Å². The van der Waals surface area contributed by atoms with Crippen LogP contribution in [0.15, 0.2) is 30.3 Å². The molecule has 0 spiro atoms. The van der Waals surface area contributed by atoms with Crippen LogP contribution in [0.25, 0.3) is 0 Å². The SMILES string of the molecule is OC1CCC2C(CCCCN2Cc2ccccc2)C1.